The second-order valence-electron chi connectivity index (χ2n) is 14.9. The van der Waals surface area contributed by atoms with Crippen LogP contribution in [0.15, 0.2) is 180 Å². The lowest BCUT2D eigenvalue weighted by atomic mass is 10.00. The molecular weight excluding hydrogens is 715 g/mol. The van der Waals surface area contributed by atoms with Gasteiger partial charge in [0.2, 0.25) is 0 Å². The van der Waals surface area contributed by atoms with Crippen LogP contribution in [0.3, 0.4) is 0 Å². The molecule has 9 aromatic carbocycles. The van der Waals surface area contributed by atoms with Gasteiger partial charge in [0.1, 0.15) is 11.2 Å². The van der Waals surface area contributed by atoms with E-state index in [-0.39, 0.29) is 0 Å². The standard InChI is InChI=1S/C52H29N3OS/c1-2-11-30(12-3-1)33-15-8-16-34(29-33)49-51-50(38-19-6-7-22-44(38)57-51)54-52(53-49)37-25-28-39(36-18-5-4-17-35(36)37)55-40-26-23-31-13-9-20-42-45(31)47(40)48-41(55)27-24-32-14-10-21-43(56-42)46(32)48/h1-29H. The van der Waals surface area contributed by atoms with Gasteiger partial charge in [-0.25, -0.2) is 9.97 Å². The lowest BCUT2D eigenvalue weighted by Gasteiger charge is -2.15. The first-order valence-corrected chi connectivity index (χ1v) is 20.1. The van der Waals surface area contributed by atoms with Crippen LogP contribution in [0, 0.1) is 0 Å². The molecule has 0 unspecified atom stereocenters. The van der Waals surface area contributed by atoms with E-state index < -0.39 is 0 Å². The van der Waals surface area contributed by atoms with Gasteiger partial charge < -0.3 is 8.98 Å². The van der Waals surface area contributed by atoms with E-state index in [1.54, 1.807) is 11.3 Å². The zero-order valence-electron chi connectivity index (χ0n) is 30.4. The third kappa shape index (κ3) is 4.37. The smallest absolute Gasteiger partial charge is 0.161 e. The molecule has 5 heteroatoms. The number of nitrogens with zero attached hydrogens (tertiary/aromatic N) is 3. The van der Waals surface area contributed by atoms with Gasteiger partial charge in [-0.3, -0.25) is 0 Å². The van der Waals surface area contributed by atoms with Gasteiger partial charge in [0.05, 0.1) is 32.6 Å². The van der Waals surface area contributed by atoms with E-state index >= 15 is 0 Å². The molecule has 0 atom stereocenters. The van der Waals surface area contributed by atoms with Crippen LogP contribution in [0.4, 0.5) is 0 Å². The van der Waals surface area contributed by atoms with Gasteiger partial charge >= 0.3 is 0 Å². The molecule has 0 fully saturated rings. The zero-order valence-corrected chi connectivity index (χ0v) is 31.2. The Labute approximate surface area is 329 Å². The Morgan fingerprint density at radius 1 is 0.456 bits per heavy atom. The topological polar surface area (TPSA) is 43.9 Å². The summed E-state index contributed by atoms with van der Waals surface area (Å²) in [5.74, 6) is 0.717. The number of aromatic nitrogens is 3. The molecule has 264 valence electrons. The Morgan fingerprint density at radius 2 is 1.09 bits per heavy atom. The fourth-order valence-corrected chi connectivity index (χ4v) is 10.4. The van der Waals surface area contributed by atoms with E-state index in [2.05, 4.69) is 180 Å². The number of benzene rings is 9. The predicted molar refractivity (Wildman–Crippen MR) is 239 cm³/mol. The van der Waals surface area contributed by atoms with E-state index in [1.807, 2.05) is 0 Å². The molecule has 0 radical (unpaired) electrons. The van der Waals surface area contributed by atoms with Crippen LogP contribution < -0.4 is 0 Å². The summed E-state index contributed by atoms with van der Waals surface area (Å²) in [7, 11) is 0. The average molecular weight is 744 g/mol. The summed E-state index contributed by atoms with van der Waals surface area (Å²) in [6.07, 6.45) is 0. The minimum absolute atomic E-state index is 0.717. The van der Waals surface area contributed by atoms with Crippen molar-refractivity contribution in [2.45, 2.75) is 0 Å². The number of hydrogen-bond donors (Lipinski definition) is 0. The highest BCUT2D eigenvalue weighted by atomic mass is 32.1. The summed E-state index contributed by atoms with van der Waals surface area (Å²) in [6, 6.07) is 62.8. The van der Waals surface area contributed by atoms with Crippen molar-refractivity contribution >= 4 is 96.9 Å². The largest absolute Gasteiger partial charge is 0.456 e. The number of rotatable bonds is 4. The lowest BCUT2D eigenvalue weighted by Crippen LogP contribution is -1.99. The second-order valence-corrected chi connectivity index (χ2v) is 15.9. The van der Waals surface area contributed by atoms with Crippen LogP contribution in [-0.2, 0) is 0 Å². The maximum atomic E-state index is 6.69. The zero-order chi connectivity index (χ0) is 37.2. The first-order valence-electron chi connectivity index (χ1n) is 19.2. The minimum Gasteiger partial charge on any atom is -0.456 e. The maximum absolute atomic E-state index is 6.69. The number of fused-ring (bicyclic) bond motifs is 4. The molecule has 0 saturated carbocycles. The Morgan fingerprint density at radius 3 is 1.84 bits per heavy atom. The first-order chi connectivity index (χ1) is 28.3. The Balaban J connectivity index is 1.09. The molecule has 0 aliphatic carbocycles. The SMILES string of the molecule is c1ccc(-c2cccc(-c3nc(-c4ccc(-n5c6ccc7cccc8oc9cccc%10ccc5c(c%109)c6c78)c5ccccc45)nc4c3sc3ccccc34)c2)cc1. The number of thiophene rings is 1. The summed E-state index contributed by atoms with van der Waals surface area (Å²) in [5.41, 5.74) is 11.5. The molecule has 4 heterocycles. The van der Waals surface area contributed by atoms with E-state index in [1.165, 1.54) is 31.8 Å². The van der Waals surface area contributed by atoms with Crippen molar-refractivity contribution in [3.05, 3.63) is 176 Å². The molecule has 4 aromatic heterocycles. The van der Waals surface area contributed by atoms with Crippen molar-refractivity contribution in [3.63, 3.8) is 0 Å². The molecule has 0 N–H and O–H groups in total. The monoisotopic (exact) mass is 743 g/mol. The van der Waals surface area contributed by atoms with Gasteiger partial charge in [0.15, 0.2) is 5.82 Å². The highest BCUT2D eigenvalue weighted by Crippen LogP contribution is 2.46. The molecular formula is C52H29N3OS. The van der Waals surface area contributed by atoms with E-state index in [9.17, 15) is 0 Å². The summed E-state index contributed by atoms with van der Waals surface area (Å²) in [5, 5.41) is 10.5. The van der Waals surface area contributed by atoms with Crippen molar-refractivity contribution < 1.29 is 4.42 Å². The summed E-state index contributed by atoms with van der Waals surface area (Å²) in [6.45, 7) is 0. The van der Waals surface area contributed by atoms with Gasteiger partial charge in [0, 0.05) is 48.1 Å². The van der Waals surface area contributed by atoms with Crippen molar-refractivity contribution in [2.75, 3.05) is 0 Å². The normalized spacial score (nSPS) is 12.2. The quantitative estimate of drug-likeness (QED) is 0.180. The van der Waals surface area contributed by atoms with Crippen molar-refractivity contribution in [2.24, 2.45) is 0 Å². The van der Waals surface area contributed by atoms with Crippen molar-refractivity contribution in [3.8, 4) is 39.5 Å². The van der Waals surface area contributed by atoms with Gasteiger partial charge in [-0.1, -0.05) is 127 Å². The Hall–Kier alpha value is -7.34. The second kappa shape index (κ2) is 11.6. The van der Waals surface area contributed by atoms with Crippen LogP contribution in [0.1, 0.15) is 0 Å². The van der Waals surface area contributed by atoms with Crippen LogP contribution in [0.25, 0.3) is 125 Å². The van der Waals surface area contributed by atoms with Gasteiger partial charge in [-0.2, -0.15) is 0 Å². The molecule has 13 rings (SSSR count). The summed E-state index contributed by atoms with van der Waals surface area (Å²) >= 11 is 1.76. The molecule has 0 amide bonds. The fraction of sp³-hybridized carbons (Fsp3) is 0. The molecule has 0 aliphatic rings. The summed E-state index contributed by atoms with van der Waals surface area (Å²) < 4.78 is 11.4. The highest BCUT2D eigenvalue weighted by molar-refractivity contribution is 7.26. The number of hydrogen-bond acceptors (Lipinski definition) is 4. The van der Waals surface area contributed by atoms with E-state index in [0.29, 0.717) is 5.82 Å². The molecule has 13 aromatic rings. The Kier molecular flexibility index (Phi) is 6.29. The first kappa shape index (κ1) is 30.9. The molecule has 0 spiro atoms. The van der Waals surface area contributed by atoms with Crippen LogP contribution >= 0.6 is 11.3 Å². The van der Waals surface area contributed by atoms with Crippen LogP contribution in [0.5, 0.6) is 0 Å². The predicted octanol–water partition coefficient (Wildman–Crippen LogP) is 14.6. The maximum Gasteiger partial charge on any atom is 0.161 e. The molecule has 57 heavy (non-hydrogen) atoms. The highest BCUT2D eigenvalue weighted by Gasteiger charge is 2.24. The van der Waals surface area contributed by atoms with E-state index in [0.717, 1.165) is 87.4 Å². The van der Waals surface area contributed by atoms with Crippen molar-refractivity contribution in [1.82, 2.24) is 14.5 Å². The van der Waals surface area contributed by atoms with Crippen molar-refractivity contribution in [1.29, 1.82) is 0 Å². The summed E-state index contributed by atoms with van der Waals surface area (Å²) in [4.78, 5) is 10.9. The lowest BCUT2D eigenvalue weighted by molar-refractivity contribution is 0.664. The molecule has 0 saturated heterocycles. The Bertz CT molecular complexity index is 3660. The molecule has 0 aliphatic heterocycles. The van der Waals surface area contributed by atoms with Crippen LogP contribution in [-0.4, -0.2) is 14.5 Å². The average Bonchev–Trinajstić information content (AvgIpc) is 3.77. The van der Waals surface area contributed by atoms with Gasteiger partial charge in [-0.15, -0.1) is 11.3 Å². The third-order valence-corrected chi connectivity index (χ3v) is 12.9. The molecule has 0 bridgehead atoms. The van der Waals surface area contributed by atoms with Crippen LogP contribution in [0.2, 0.25) is 0 Å². The van der Waals surface area contributed by atoms with Gasteiger partial charge in [0.25, 0.3) is 0 Å². The molecule has 4 nitrogen and oxygen atoms in total. The van der Waals surface area contributed by atoms with Gasteiger partial charge in [-0.05, 0) is 75.8 Å². The minimum atomic E-state index is 0.717. The van der Waals surface area contributed by atoms with E-state index in [4.69, 9.17) is 14.4 Å². The fourth-order valence-electron chi connectivity index (χ4n) is 9.28. The third-order valence-electron chi connectivity index (χ3n) is 11.8.